The summed E-state index contributed by atoms with van der Waals surface area (Å²) in [4.78, 5) is 42.0. The van der Waals surface area contributed by atoms with Gasteiger partial charge in [0.15, 0.2) is 17.4 Å². The zero-order valence-electron chi connectivity index (χ0n) is 26.1. The molecule has 5 rings (SSSR count). The number of amides is 3. The average molecular weight is 711 g/mol. The lowest BCUT2D eigenvalue weighted by molar-refractivity contribution is -0.153. The maximum absolute atomic E-state index is 14.1. The third kappa shape index (κ3) is 9.44. The molecule has 0 spiro atoms. The van der Waals surface area contributed by atoms with Crippen molar-refractivity contribution in [3.8, 4) is 5.75 Å². The Morgan fingerprint density at radius 1 is 1.00 bits per heavy atom. The van der Waals surface area contributed by atoms with E-state index in [4.69, 9.17) is 16.3 Å². The van der Waals surface area contributed by atoms with Gasteiger partial charge >= 0.3 is 6.18 Å². The molecule has 3 aromatic rings. The van der Waals surface area contributed by atoms with Crippen LogP contribution in [0.15, 0.2) is 54.6 Å². The average Bonchev–Trinajstić information content (AvgIpc) is 3.90. The first-order valence-corrected chi connectivity index (χ1v) is 16.0. The van der Waals surface area contributed by atoms with Crippen molar-refractivity contribution in [2.75, 3.05) is 24.6 Å². The van der Waals surface area contributed by atoms with Crippen LogP contribution in [0.1, 0.15) is 42.4 Å². The quantitative estimate of drug-likeness (QED) is 0.132. The molecule has 8 nitrogen and oxygen atoms in total. The summed E-state index contributed by atoms with van der Waals surface area (Å²) in [6, 6.07) is 12.2. The van der Waals surface area contributed by atoms with Crippen molar-refractivity contribution in [1.29, 1.82) is 0 Å². The molecule has 1 aliphatic carbocycles. The predicted octanol–water partition coefficient (Wildman–Crippen LogP) is 5.83. The van der Waals surface area contributed by atoms with Gasteiger partial charge in [0.1, 0.15) is 12.5 Å². The molecule has 1 atom stereocenters. The van der Waals surface area contributed by atoms with Crippen LogP contribution in [0, 0.1) is 17.5 Å². The molecule has 1 saturated heterocycles. The molecule has 0 aromatic heterocycles. The minimum Gasteiger partial charge on any atom is -0.488 e. The number of piperazine rings is 1. The number of rotatable bonds is 13. The summed E-state index contributed by atoms with van der Waals surface area (Å²) in [5.74, 6) is -6.15. The van der Waals surface area contributed by atoms with Gasteiger partial charge in [0.25, 0.3) is 0 Å². The third-order valence-corrected chi connectivity index (χ3v) is 8.49. The van der Waals surface area contributed by atoms with Crippen molar-refractivity contribution < 1.29 is 45.5 Å². The summed E-state index contributed by atoms with van der Waals surface area (Å²) >= 11 is 6.46. The van der Waals surface area contributed by atoms with Crippen LogP contribution < -0.4 is 20.3 Å². The molecule has 2 fully saturated rings. The van der Waals surface area contributed by atoms with E-state index in [9.17, 15) is 40.7 Å². The molecule has 0 unspecified atom stereocenters. The third-order valence-electron chi connectivity index (χ3n) is 8.12. The first kappa shape index (κ1) is 36.0. The maximum Gasteiger partial charge on any atom is 0.397 e. The molecule has 1 saturated carbocycles. The van der Waals surface area contributed by atoms with Crippen LogP contribution in [0.3, 0.4) is 0 Å². The Morgan fingerprint density at radius 2 is 1.69 bits per heavy atom. The van der Waals surface area contributed by atoms with Gasteiger partial charge in [-0.2, -0.15) is 17.6 Å². The highest BCUT2D eigenvalue weighted by atomic mass is 35.5. The SMILES string of the molecule is O=C(CC(F)(F)F)NCc1ccc(Cl)c(CN(C(=O)[C@H]2CNCC(=O)N2c2ccc(CCCOc3c(F)ccc(F)c3F)cc2)C2CC2)c1. The lowest BCUT2D eigenvalue weighted by Gasteiger charge is -2.38. The lowest BCUT2D eigenvalue weighted by atomic mass is 10.1. The molecule has 262 valence electrons. The Labute approximate surface area is 283 Å². The van der Waals surface area contributed by atoms with E-state index in [1.807, 2.05) is 0 Å². The summed E-state index contributed by atoms with van der Waals surface area (Å²) in [5, 5.41) is 5.58. The topological polar surface area (TPSA) is 91.0 Å². The van der Waals surface area contributed by atoms with E-state index in [0.717, 1.165) is 24.5 Å². The van der Waals surface area contributed by atoms with Crippen LogP contribution in [-0.4, -0.2) is 60.6 Å². The normalized spacial score (nSPS) is 16.4. The number of benzene rings is 3. The van der Waals surface area contributed by atoms with Crippen molar-refractivity contribution >= 4 is 35.0 Å². The Balaban J connectivity index is 1.23. The van der Waals surface area contributed by atoms with E-state index in [-0.39, 0.29) is 50.6 Å². The van der Waals surface area contributed by atoms with Crippen LogP contribution in [0.2, 0.25) is 5.02 Å². The second-order valence-corrected chi connectivity index (χ2v) is 12.3. The number of hydrogen-bond donors (Lipinski definition) is 2. The minimum atomic E-state index is -4.63. The van der Waals surface area contributed by atoms with Gasteiger partial charge in [-0.15, -0.1) is 0 Å². The molecular weight excluding hydrogens is 678 g/mol. The summed E-state index contributed by atoms with van der Waals surface area (Å²) in [7, 11) is 0. The number of carbonyl (C=O) groups is 3. The van der Waals surface area contributed by atoms with E-state index in [0.29, 0.717) is 40.7 Å². The number of hydrogen-bond acceptors (Lipinski definition) is 5. The van der Waals surface area contributed by atoms with Gasteiger partial charge in [-0.05, 0) is 72.7 Å². The summed E-state index contributed by atoms with van der Waals surface area (Å²) in [5.41, 5.74) is 2.39. The molecule has 49 heavy (non-hydrogen) atoms. The standard InChI is InChI=1S/C34H33ClF6N4O4/c35-25-10-5-21(16-43-29(46)15-34(39,40)41)14-22(25)19-44(23-8-9-23)33(48)28-17-42-18-30(47)45(28)24-6-3-20(4-7-24)2-1-13-49-32-27(37)12-11-26(36)31(32)38/h3-7,10-12,14,23,28,42H,1-2,8-9,13,15-19H2,(H,43,46)/t28-/m1/s1. The second kappa shape index (κ2) is 15.5. The zero-order chi connectivity index (χ0) is 35.3. The molecule has 1 aliphatic heterocycles. The fourth-order valence-corrected chi connectivity index (χ4v) is 5.73. The van der Waals surface area contributed by atoms with Gasteiger partial charge < -0.3 is 20.3 Å². The molecule has 1 heterocycles. The van der Waals surface area contributed by atoms with E-state index < -0.39 is 47.7 Å². The van der Waals surface area contributed by atoms with Crippen LogP contribution in [0.4, 0.5) is 32.0 Å². The highest BCUT2D eigenvalue weighted by Crippen LogP contribution is 2.33. The Hall–Kier alpha value is -4.30. The Morgan fingerprint density at radius 3 is 2.39 bits per heavy atom. The fraction of sp³-hybridized carbons (Fsp3) is 0.382. The zero-order valence-corrected chi connectivity index (χ0v) is 26.9. The van der Waals surface area contributed by atoms with Gasteiger partial charge in [-0.3, -0.25) is 19.3 Å². The number of ether oxygens (including phenoxy) is 1. The van der Waals surface area contributed by atoms with Gasteiger partial charge in [-0.25, -0.2) is 8.78 Å². The second-order valence-electron chi connectivity index (χ2n) is 11.9. The lowest BCUT2D eigenvalue weighted by Crippen LogP contribution is -2.61. The van der Waals surface area contributed by atoms with Crippen LogP contribution in [0.5, 0.6) is 5.75 Å². The monoisotopic (exact) mass is 710 g/mol. The smallest absolute Gasteiger partial charge is 0.397 e. The number of anilines is 1. The largest absolute Gasteiger partial charge is 0.488 e. The Kier molecular flexibility index (Phi) is 11.4. The molecule has 2 aliphatic rings. The van der Waals surface area contributed by atoms with Crippen molar-refractivity contribution in [3.05, 3.63) is 93.8 Å². The predicted molar refractivity (Wildman–Crippen MR) is 168 cm³/mol. The number of alkyl halides is 3. The summed E-state index contributed by atoms with van der Waals surface area (Å²) < 4.78 is 83.8. The Bertz CT molecular complexity index is 1690. The van der Waals surface area contributed by atoms with Gasteiger partial charge in [0.2, 0.25) is 23.5 Å². The van der Waals surface area contributed by atoms with Gasteiger partial charge in [0, 0.05) is 36.4 Å². The molecular formula is C34H33ClF6N4O4. The van der Waals surface area contributed by atoms with Crippen molar-refractivity contribution in [2.24, 2.45) is 0 Å². The fourth-order valence-electron chi connectivity index (χ4n) is 5.55. The van der Waals surface area contributed by atoms with E-state index >= 15 is 0 Å². The molecule has 0 radical (unpaired) electrons. The maximum atomic E-state index is 14.1. The van der Waals surface area contributed by atoms with Crippen molar-refractivity contribution in [2.45, 2.75) is 63.5 Å². The van der Waals surface area contributed by atoms with E-state index in [1.165, 1.54) is 4.90 Å². The van der Waals surface area contributed by atoms with Crippen LogP contribution in [-0.2, 0) is 33.9 Å². The number of nitrogens with one attached hydrogen (secondary N) is 2. The first-order chi connectivity index (χ1) is 23.3. The molecule has 0 bridgehead atoms. The van der Waals surface area contributed by atoms with Crippen molar-refractivity contribution in [3.63, 3.8) is 0 Å². The number of aryl methyl sites for hydroxylation is 1. The first-order valence-electron chi connectivity index (χ1n) is 15.6. The molecule has 15 heteroatoms. The van der Waals surface area contributed by atoms with Gasteiger partial charge in [0.05, 0.1) is 13.2 Å². The van der Waals surface area contributed by atoms with Crippen LogP contribution in [0.25, 0.3) is 0 Å². The summed E-state index contributed by atoms with van der Waals surface area (Å²) in [6.07, 6.45) is -3.90. The highest BCUT2D eigenvalue weighted by Gasteiger charge is 2.41. The number of halogens is 7. The number of carbonyl (C=O) groups excluding carboxylic acids is 3. The minimum absolute atomic E-state index is 0.0213. The summed E-state index contributed by atoms with van der Waals surface area (Å²) in [6.45, 7) is 0.0864. The van der Waals surface area contributed by atoms with Crippen LogP contribution >= 0.6 is 11.6 Å². The van der Waals surface area contributed by atoms with Gasteiger partial charge in [-0.1, -0.05) is 35.9 Å². The number of nitrogens with zero attached hydrogens (tertiary/aromatic N) is 2. The molecule has 3 amide bonds. The molecule has 2 N–H and O–H groups in total. The molecule has 3 aromatic carbocycles. The van der Waals surface area contributed by atoms with Crippen molar-refractivity contribution in [1.82, 2.24) is 15.5 Å². The van der Waals surface area contributed by atoms with E-state index in [1.54, 1.807) is 47.4 Å². The van der Waals surface area contributed by atoms with E-state index in [2.05, 4.69) is 10.6 Å². The highest BCUT2D eigenvalue weighted by molar-refractivity contribution is 6.31.